The number of thiophene rings is 1. The van der Waals surface area contributed by atoms with Crippen molar-refractivity contribution < 1.29 is 13.9 Å². The van der Waals surface area contributed by atoms with E-state index < -0.39 is 5.76 Å². The lowest BCUT2D eigenvalue weighted by molar-refractivity contribution is -0.134. The number of nitrogens with zero attached hydrogens (tertiary/aromatic N) is 4. The lowest BCUT2D eigenvalue weighted by atomic mass is 9.98. The highest BCUT2D eigenvalue weighted by atomic mass is 32.1. The molecule has 0 N–H and O–H groups in total. The Balaban J connectivity index is 1.45. The number of amides is 1. The first kappa shape index (κ1) is 20.9. The van der Waals surface area contributed by atoms with Gasteiger partial charge in [-0.2, -0.15) is 9.78 Å². The fourth-order valence-corrected chi connectivity index (χ4v) is 4.38. The van der Waals surface area contributed by atoms with E-state index in [1.807, 2.05) is 66.0 Å². The first-order valence-corrected chi connectivity index (χ1v) is 11.2. The minimum Gasteiger partial charge on any atom is -0.497 e. The third-order valence-electron chi connectivity index (χ3n) is 5.40. The first-order valence-electron chi connectivity index (χ1n) is 10.3. The summed E-state index contributed by atoms with van der Waals surface area (Å²) < 4.78 is 11.5. The molecule has 1 amide bonds. The van der Waals surface area contributed by atoms with Crippen LogP contribution in [0.2, 0.25) is 0 Å². The summed E-state index contributed by atoms with van der Waals surface area (Å²) in [6.45, 7) is -0.272. The predicted octanol–water partition coefficient (Wildman–Crippen LogP) is 3.95. The van der Waals surface area contributed by atoms with Gasteiger partial charge in [-0.3, -0.25) is 4.79 Å². The van der Waals surface area contributed by atoms with Crippen LogP contribution in [0.3, 0.4) is 0 Å². The van der Waals surface area contributed by atoms with Crippen molar-refractivity contribution in [2.45, 2.75) is 19.0 Å². The molecule has 166 valence electrons. The second-order valence-electron chi connectivity index (χ2n) is 7.45. The lowest BCUT2D eigenvalue weighted by Gasteiger charge is -2.22. The van der Waals surface area contributed by atoms with Crippen LogP contribution in [0.1, 0.15) is 23.6 Å². The zero-order valence-electron chi connectivity index (χ0n) is 17.7. The number of hydrazone groups is 1. The average Bonchev–Trinajstić information content (AvgIpc) is 3.60. The number of carbonyl (C=O) groups excluding carboxylic acids is 1. The maximum Gasteiger partial charge on any atom is 0.437 e. The van der Waals surface area contributed by atoms with E-state index >= 15 is 0 Å². The zero-order chi connectivity index (χ0) is 22.8. The van der Waals surface area contributed by atoms with Crippen molar-refractivity contribution in [3.05, 3.63) is 93.8 Å². The molecule has 0 radical (unpaired) electrons. The molecule has 0 fully saturated rings. The maximum absolute atomic E-state index is 13.3. The third-order valence-corrected chi connectivity index (χ3v) is 6.25. The Bertz CT molecular complexity index is 1340. The highest BCUT2D eigenvalue weighted by molar-refractivity contribution is 7.13. The quantitative estimate of drug-likeness (QED) is 0.435. The van der Waals surface area contributed by atoms with Crippen molar-refractivity contribution in [3.63, 3.8) is 0 Å². The molecule has 0 spiro atoms. The number of ether oxygens (including phenoxy) is 1. The number of methoxy groups -OCH3 is 1. The first-order chi connectivity index (χ1) is 16.1. The van der Waals surface area contributed by atoms with Gasteiger partial charge >= 0.3 is 5.76 Å². The van der Waals surface area contributed by atoms with Crippen LogP contribution in [0.4, 0.5) is 0 Å². The predicted molar refractivity (Wildman–Crippen MR) is 124 cm³/mol. The standard InChI is InChI=1S/C24H20N4O4S/c1-31-18-11-9-17(10-12-18)20-14-19(16-6-3-2-4-7-16)25-28(20)22(29)15-27-24(30)32-23(26-27)21-8-5-13-33-21/h2-13,20H,14-15H2,1H3/t20-/m1/s1. The summed E-state index contributed by atoms with van der Waals surface area (Å²) in [5, 5.41) is 12.1. The second kappa shape index (κ2) is 8.87. The monoisotopic (exact) mass is 460 g/mol. The highest BCUT2D eigenvalue weighted by Crippen LogP contribution is 2.33. The van der Waals surface area contributed by atoms with Crippen molar-refractivity contribution in [2.24, 2.45) is 5.10 Å². The minimum atomic E-state index is -0.681. The van der Waals surface area contributed by atoms with Gasteiger partial charge in [-0.15, -0.1) is 16.4 Å². The minimum absolute atomic E-state index is 0.199. The van der Waals surface area contributed by atoms with E-state index in [1.165, 1.54) is 16.3 Å². The molecule has 1 aliphatic rings. The number of hydrogen-bond donors (Lipinski definition) is 0. The molecule has 0 bridgehead atoms. The van der Waals surface area contributed by atoms with Crippen molar-refractivity contribution in [2.75, 3.05) is 7.11 Å². The molecular weight excluding hydrogens is 440 g/mol. The number of benzene rings is 2. The van der Waals surface area contributed by atoms with Crippen LogP contribution in [-0.4, -0.2) is 33.5 Å². The molecule has 3 heterocycles. The van der Waals surface area contributed by atoms with Crippen molar-refractivity contribution in [3.8, 4) is 16.5 Å². The van der Waals surface area contributed by atoms with Gasteiger partial charge in [-0.25, -0.2) is 9.80 Å². The second-order valence-corrected chi connectivity index (χ2v) is 8.40. The Morgan fingerprint density at radius 3 is 2.61 bits per heavy atom. The van der Waals surface area contributed by atoms with Crippen molar-refractivity contribution in [1.82, 2.24) is 14.8 Å². The molecule has 5 rings (SSSR count). The Kier molecular flexibility index (Phi) is 5.62. The Hall–Kier alpha value is -3.98. The zero-order valence-corrected chi connectivity index (χ0v) is 18.6. The fourth-order valence-electron chi connectivity index (χ4n) is 3.74. The Morgan fingerprint density at radius 1 is 1.12 bits per heavy atom. The molecule has 33 heavy (non-hydrogen) atoms. The van der Waals surface area contributed by atoms with Crippen molar-refractivity contribution >= 4 is 23.0 Å². The van der Waals surface area contributed by atoms with E-state index in [9.17, 15) is 9.59 Å². The maximum atomic E-state index is 13.3. The van der Waals surface area contributed by atoms with Gasteiger partial charge < -0.3 is 9.15 Å². The van der Waals surface area contributed by atoms with Gasteiger partial charge in [0.15, 0.2) is 0 Å². The van der Waals surface area contributed by atoms with Gasteiger partial charge in [0, 0.05) is 6.42 Å². The van der Waals surface area contributed by atoms with Crippen LogP contribution in [0.25, 0.3) is 10.8 Å². The highest BCUT2D eigenvalue weighted by Gasteiger charge is 2.33. The SMILES string of the molecule is COc1ccc([C@H]2CC(c3ccccc3)=NN2C(=O)Cn2nc(-c3cccs3)oc2=O)cc1. The number of aromatic nitrogens is 2. The summed E-state index contributed by atoms with van der Waals surface area (Å²) in [7, 11) is 1.61. The van der Waals surface area contributed by atoms with E-state index in [0.717, 1.165) is 32.1 Å². The van der Waals surface area contributed by atoms with Gasteiger partial charge in [0.2, 0.25) is 0 Å². The van der Waals surface area contributed by atoms with Crippen LogP contribution < -0.4 is 10.5 Å². The van der Waals surface area contributed by atoms with Crippen LogP contribution in [-0.2, 0) is 11.3 Å². The van der Waals surface area contributed by atoms with Gasteiger partial charge in [0.25, 0.3) is 11.8 Å². The third kappa shape index (κ3) is 4.22. The van der Waals surface area contributed by atoms with Crippen molar-refractivity contribution in [1.29, 1.82) is 0 Å². The lowest BCUT2D eigenvalue weighted by Crippen LogP contribution is -2.33. The Morgan fingerprint density at radius 2 is 1.91 bits per heavy atom. The molecule has 0 saturated heterocycles. The van der Waals surface area contributed by atoms with E-state index in [2.05, 4.69) is 10.2 Å². The summed E-state index contributed by atoms with van der Waals surface area (Å²) in [6, 6.07) is 20.6. The molecule has 2 aromatic heterocycles. The molecule has 8 nitrogen and oxygen atoms in total. The van der Waals surface area contributed by atoms with E-state index in [4.69, 9.17) is 9.15 Å². The number of carbonyl (C=O) groups is 1. The molecule has 0 unspecified atom stereocenters. The smallest absolute Gasteiger partial charge is 0.437 e. The van der Waals surface area contributed by atoms with Gasteiger partial charge in [-0.1, -0.05) is 48.5 Å². The van der Waals surface area contributed by atoms with Crippen LogP contribution in [0.15, 0.2) is 86.4 Å². The summed E-state index contributed by atoms with van der Waals surface area (Å²) in [5.41, 5.74) is 2.67. The Labute approximate surface area is 193 Å². The molecule has 2 aromatic carbocycles. The largest absolute Gasteiger partial charge is 0.497 e. The fraction of sp³-hybridized carbons (Fsp3) is 0.167. The summed E-state index contributed by atoms with van der Waals surface area (Å²) in [5.74, 6) is -0.104. The normalized spacial score (nSPS) is 15.5. The summed E-state index contributed by atoms with van der Waals surface area (Å²) in [6.07, 6.45) is 0.552. The van der Waals surface area contributed by atoms with E-state index in [0.29, 0.717) is 6.42 Å². The molecule has 1 aliphatic heterocycles. The number of hydrogen-bond acceptors (Lipinski definition) is 7. The van der Waals surface area contributed by atoms with E-state index in [-0.39, 0.29) is 24.4 Å². The van der Waals surface area contributed by atoms with Gasteiger partial charge in [0.05, 0.1) is 23.7 Å². The van der Waals surface area contributed by atoms with Crippen LogP contribution in [0.5, 0.6) is 5.75 Å². The number of rotatable bonds is 6. The molecular formula is C24H20N4O4S. The van der Waals surface area contributed by atoms with E-state index in [1.54, 1.807) is 13.2 Å². The summed E-state index contributed by atoms with van der Waals surface area (Å²) >= 11 is 1.40. The molecule has 0 saturated carbocycles. The van der Waals surface area contributed by atoms with Crippen LogP contribution in [0, 0.1) is 0 Å². The van der Waals surface area contributed by atoms with Crippen LogP contribution >= 0.6 is 11.3 Å². The topological polar surface area (TPSA) is 89.9 Å². The molecule has 1 atom stereocenters. The molecule has 4 aromatic rings. The average molecular weight is 461 g/mol. The molecule has 0 aliphatic carbocycles. The summed E-state index contributed by atoms with van der Waals surface area (Å²) in [4.78, 5) is 26.3. The van der Waals surface area contributed by atoms with Gasteiger partial charge in [-0.05, 0) is 34.7 Å². The van der Waals surface area contributed by atoms with Gasteiger partial charge in [0.1, 0.15) is 12.3 Å². The molecule has 9 heteroatoms.